The molecule has 0 aliphatic heterocycles. The molecule has 0 bridgehead atoms. The summed E-state index contributed by atoms with van der Waals surface area (Å²) in [5.74, 6) is 1.40. The fourth-order valence-electron chi connectivity index (χ4n) is 1.95. The van der Waals surface area contributed by atoms with Gasteiger partial charge in [0, 0.05) is 15.7 Å². The van der Waals surface area contributed by atoms with E-state index in [2.05, 4.69) is 31.5 Å². The Balaban J connectivity index is 2.05. The monoisotopic (exact) mass is 345 g/mol. The number of hydrogen-bond donors (Lipinski definition) is 1. The van der Waals surface area contributed by atoms with E-state index in [-0.39, 0.29) is 0 Å². The minimum atomic E-state index is 0.624. The first kappa shape index (κ1) is 13.6. The SMILES string of the molecule is COc1ccc(-n2nnnc2-c2ccc(Br)c(N)c2)cc1. The van der Waals surface area contributed by atoms with Crippen molar-refractivity contribution in [2.75, 3.05) is 12.8 Å². The van der Waals surface area contributed by atoms with Gasteiger partial charge in [0.25, 0.3) is 0 Å². The van der Waals surface area contributed by atoms with Crippen LogP contribution in [0.25, 0.3) is 17.1 Å². The van der Waals surface area contributed by atoms with Gasteiger partial charge in [0.2, 0.25) is 0 Å². The standard InChI is InChI=1S/C14H12BrN5O/c1-21-11-5-3-10(4-6-11)20-14(17-18-19-20)9-2-7-12(15)13(16)8-9/h2-8H,16H2,1H3. The van der Waals surface area contributed by atoms with Crippen molar-refractivity contribution in [1.82, 2.24) is 20.2 Å². The summed E-state index contributed by atoms with van der Waals surface area (Å²) in [6.45, 7) is 0. The van der Waals surface area contributed by atoms with Crippen molar-refractivity contribution in [2.45, 2.75) is 0 Å². The second-order valence-corrected chi connectivity index (χ2v) is 5.20. The zero-order chi connectivity index (χ0) is 14.8. The highest BCUT2D eigenvalue weighted by molar-refractivity contribution is 9.10. The van der Waals surface area contributed by atoms with Gasteiger partial charge in [0.05, 0.1) is 12.8 Å². The van der Waals surface area contributed by atoms with Crippen molar-refractivity contribution in [3.8, 4) is 22.8 Å². The van der Waals surface area contributed by atoms with E-state index in [0.717, 1.165) is 21.5 Å². The molecule has 7 heteroatoms. The van der Waals surface area contributed by atoms with Crippen molar-refractivity contribution in [3.63, 3.8) is 0 Å². The Morgan fingerprint density at radius 2 is 1.90 bits per heavy atom. The normalized spacial score (nSPS) is 10.6. The van der Waals surface area contributed by atoms with Crippen LogP contribution in [0.4, 0.5) is 5.69 Å². The maximum atomic E-state index is 5.91. The molecular formula is C14H12BrN5O. The summed E-state index contributed by atoms with van der Waals surface area (Å²) in [5, 5.41) is 11.9. The van der Waals surface area contributed by atoms with Crippen molar-refractivity contribution < 1.29 is 4.74 Å². The third-order valence-electron chi connectivity index (χ3n) is 3.04. The molecule has 6 nitrogen and oxygen atoms in total. The summed E-state index contributed by atoms with van der Waals surface area (Å²) in [5.41, 5.74) is 8.24. The van der Waals surface area contributed by atoms with Crippen LogP contribution in [0, 0.1) is 0 Å². The maximum Gasteiger partial charge on any atom is 0.187 e. The van der Waals surface area contributed by atoms with Crippen LogP contribution in [-0.4, -0.2) is 27.3 Å². The van der Waals surface area contributed by atoms with E-state index >= 15 is 0 Å². The predicted octanol–water partition coefficient (Wildman–Crippen LogP) is 2.68. The van der Waals surface area contributed by atoms with Crippen LogP contribution < -0.4 is 10.5 Å². The number of nitrogens with zero attached hydrogens (tertiary/aromatic N) is 4. The van der Waals surface area contributed by atoms with Gasteiger partial charge >= 0.3 is 0 Å². The summed E-state index contributed by atoms with van der Waals surface area (Å²) in [7, 11) is 1.63. The van der Waals surface area contributed by atoms with Gasteiger partial charge in [0.15, 0.2) is 5.82 Å². The molecule has 2 aromatic carbocycles. The topological polar surface area (TPSA) is 78.8 Å². The number of nitrogen functional groups attached to an aromatic ring is 1. The maximum absolute atomic E-state index is 5.91. The van der Waals surface area contributed by atoms with Crippen LogP contribution in [0.5, 0.6) is 5.75 Å². The fourth-order valence-corrected chi connectivity index (χ4v) is 2.19. The average molecular weight is 346 g/mol. The number of nitrogens with two attached hydrogens (primary N) is 1. The second-order valence-electron chi connectivity index (χ2n) is 4.35. The van der Waals surface area contributed by atoms with E-state index in [1.54, 1.807) is 11.8 Å². The average Bonchev–Trinajstić information content (AvgIpc) is 2.99. The molecule has 3 rings (SSSR count). The van der Waals surface area contributed by atoms with E-state index in [4.69, 9.17) is 10.5 Å². The first-order valence-corrected chi connectivity index (χ1v) is 6.96. The number of aromatic nitrogens is 4. The third-order valence-corrected chi connectivity index (χ3v) is 3.76. The molecule has 2 N–H and O–H groups in total. The van der Waals surface area contributed by atoms with Gasteiger partial charge in [-0.1, -0.05) is 0 Å². The zero-order valence-corrected chi connectivity index (χ0v) is 12.8. The van der Waals surface area contributed by atoms with Crippen molar-refractivity contribution in [2.24, 2.45) is 0 Å². The van der Waals surface area contributed by atoms with E-state index in [0.29, 0.717) is 11.5 Å². The lowest BCUT2D eigenvalue weighted by atomic mass is 10.2. The molecule has 0 saturated carbocycles. The molecule has 106 valence electrons. The molecule has 0 aliphatic carbocycles. The number of tetrazole rings is 1. The van der Waals surface area contributed by atoms with Gasteiger partial charge in [-0.25, -0.2) is 0 Å². The minimum absolute atomic E-state index is 0.624. The molecule has 0 unspecified atom stereocenters. The number of anilines is 1. The number of methoxy groups -OCH3 is 1. The van der Waals surface area contributed by atoms with Crippen molar-refractivity contribution >= 4 is 21.6 Å². The first-order chi connectivity index (χ1) is 10.2. The van der Waals surface area contributed by atoms with E-state index in [9.17, 15) is 0 Å². The second kappa shape index (κ2) is 5.53. The van der Waals surface area contributed by atoms with Gasteiger partial charge in [-0.15, -0.1) is 5.10 Å². The summed E-state index contributed by atoms with van der Waals surface area (Å²) in [6, 6.07) is 13.1. The lowest BCUT2D eigenvalue weighted by Gasteiger charge is -2.07. The first-order valence-electron chi connectivity index (χ1n) is 6.17. The fraction of sp³-hybridized carbons (Fsp3) is 0.0714. The van der Waals surface area contributed by atoms with Crippen LogP contribution in [0.1, 0.15) is 0 Å². The molecular weight excluding hydrogens is 334 g/mol. The molecule has 0 spiro atoms. The van der Waals surface area contributed by atoms with Gasteiger partial charge in [0.1, 0.15) is 5.75 Å². The van der Waals surface area contributed by atoms with Crippen LogP contribution in [0.15, 0.2) is 46.9 Å². The Bertz CT molecular complexity index is 769. The van der Waals surface area contributed by atoms with Crippen molar-refractivity contribution in [1.29, 1.82) is 0 Å². The zero-order valence-electron chi connectivity index (χ0n) is 11.2. The Hall–Kier alpha value is -2.41. The molecule has 0 saturated heterocycles. The Labute approximate surface area is 129 Å². The summed E-state index contributed by atoms with van der Waals surface area (Å²) in [6.07, 6.45) is 0. The molecule has 3 aromatic rings. The quantitative estimate of drug-likeness (QED) is 0.738. The van der Waals surface area contributed by atoms with Gasteiger partial charge < -0.3 is 10.5 Å². The van der Waals surface area contributed by atoms with Gasteiger partial charge in [-0.05, 0) is 68.8 Å². The summed E-state index contributed by atoms with van der Waals surface area (Å²) >= 11 is 3.37. The predicted molar refractivity (Wildman–Crippen MR) is 83.3 cm³/mol. The van der Waals surface area contributed by atoms with Crippen LogP contribution in [0.2, 0.25) is 0 Å². The molecule has 0 atom stereocenters. The Morgan fingerprint density at radius 1 is 1.14 bits per heavy atom. The number of benzene rings is 2. The lowest BCUT2D eigenvalue weighted by Crippen LogP contribution is -2.00. The molecule has 0 amide bonds. The van der Waals surface area contributed by atoms with Gasteiger partial charge in [-0.2, -0.15) is 4.68 Å². The van der Waals surface area contributed by atoms with Crippen LogP contribution in [-0.2, 0) is 0 Å². The van der Waals surface area contributed by atoms with Gasteiger partial charge in [-0.3, -0.25) is 0 Å². The smallest absolute Gasteiger partial charge is 0.187 e. The van der Waals surface area contributed by atoms with E-state index in [1.807, 2.05) is 42.5 Å². The van der Waals surface area contributed by atoms with E-state index < -0.39 is 0 Å². The molecule has 1 aromatic heterocycles. The molecule has 0 aliphatic rings. The number of hydrogen-bond acceptors (Lipinski definition) is 5. The molecule has 1 heterocycles. The molecule has 0 radical (unpaired) electrons. The largest absolute Gasteiger partial charge is 0.497 e. The Morgan fingerprint density at radius 3 is 2.57 bits per heavy atom. The van der Waals surface area contributed by atoms with E-state index in [1.165, 1.54) is 0 Å². The summed E-state index contributed by atoms with van der Waals surface area (Å²) in [4.78, 5) is 0. The number of rotatable bonds is 3. The molecule has 0 fully saturated rings. The lowest BCUT2D eigenvalue weighted by molar-refractivity contribution is 0.414. The highest BCUT2D eigenvalue weighted by Gasteiger charge is 2.11. The number of halogens is 1. The summed E-state index contributed by atoms with van der Waals surface area (Å²) < 4.78 is 7.64. The number of ether oxygens (including phenoxy) is 1. The Kier molecular flexibility index (Phi) is 3.57. The minimum Gasteiger partial charge on any atom is -0.497 e. The van der Waals surface area contributed by atoms with Crippen molar-refractivity contribution in [3.05, 3.63) is 46.9 Å². The third kappa shape index (κ3) is 2.59. The van der Waals surface area contributed by atoms with Crippen LogP contribution in [0.3, 0.4) is 0 Å². The van der Waals surface area contributed by atoms with Crippen LogP contribution >= 0.6 is 15.9 Å². The molecule has 21 heavy (non-hydrogen) atoms. The highest BCUT2D eigenvalue weighted by Crippen LogP contribution is 2.27. The highest BCUT2D eigenvalue weighted by atomic mass is 79.9.